The lowest BCUT2D eigenvalue weighted by Crippen LogP contribution is -2.24. The fourth-order valence-electron chi connectivity index (χ4n) is 2.68. The van der Waals surface area contributed by atoms with Crippen LogP contribution in [0, 0.1) is 0 Å². The molecule has 0 aliphatic carbocycles. The van der Waals surface area contributed by atoms with Crippen LogP contribution in [0.5, 0.6) is 28.7 Å². The third kappa shape index (κ3) is 4.96. The summed E-state index contributed by atoms with van der Waals surface area (Å²) in [7, 11) is 4.46. The molecule has 7 nitrogen and oxygen atoms in total. The molecule has 7 heteroatoms. The summed E-state index contributed by atoms with van der Waals surface area (Å²) in [5, 5.41) is 29.3. The van der Waals surface area contributed by atoms with Crippen molar-refractivity contribution >= 4 is 0 Å². The Hall–Kier alpha value is -2.64. The molecule has 0 aliphatic rings. The third-order valence-electron chi connectivity index (χ3n) is 4.16. The lowest BCUT2D eigenvalue weighted by Gasteiger charge is -2.22. The van der Waals surface area contributed by atoms with Gasteiger partial charge in [-0.05, 0) is 42.3 Å². The average Bonchev–Trinajstić information content (AvgIpc) is 2.68. The Morgan fingerprint density at radius 1 is 0.926 bits per heavy atom. The number of ether oxygens (including phenoxy) is 4. The summed E-state index contributed by atoms with van der Waals surface area (Å²) >= 11 is 0. The number of phenolic OH excluding ortho intramolecular Hbond substituents is 1. The van der Waals surface area contributed by atoms with E-state index >= 15 is 0 Å². The smallest absolute Gasteiger partial charge is 0.203 e. The second kappa shape index (κ2) is 9.34. The molecule has 2 aromatic carbocycles. The van der Waals surface area contributed by atoms with Crippen LogP contribution in [0.3, 0.4) is 0 Å². The SMILES string of the molecule is COc1cc(CC(CO)Oc2c(OC)cc(C(C)O)cc2OC)ccc1O. The van der Waals surface area contributed by atoms with Crippen molar-refractivity contribution in [2.75, 3.05) is 27.9 Å². The Kier molecular flexibility index (Phi) is 7.15. The lowest BCUT2D eigenvalue weighted by molar-refractivity contribution is 0.109. The van der Waals surface area contributed by atoms with Crippen LogP contribution in [-0.4, -0.2) is 49.4 Å². The van der Waals surface area contributed by atoms with Crippen LogP contribution in [-0.2, 0) is 6.42 Å². The van der Waals surface area contributed by atoms with Gasteiger partial charge in [-0.25, -0.2) is 0 Å². The van der Waals surface area contributed by atoms with Crippen LogP contribution >= 0.6 is 0 Å². The van der Waals surface area contributed by atoms with E-state index in [-0.39, 0.29) is 12.4 Å². The number of aromatic hydroxyl groups is 1. The molecule has 0 fully saturated rings. The maximum atomic E-state index is 9.82. The van der Waals surface area contributed by atoms with E-state index in [0.717, 1.165) is 5.56 Å². The molecule has 0 saturated carbocycles. The second-order valence-corrected chi connectivity index (χ2v) is 6.06. The predicted molar refractivity (Wildman–Crippen MR) is 100 cm³/mol. The fraction of sp³-hybridized carbons (Fsp3) is 0.400. The summed E-state index contributed by atoms with van der Waals surface area (Å²) in [6.45, 7) is 1.40. The number of methoxy groups -OCH3 is 3. The van der Waals surface area contributed by atoms with Gasteiger partial charge in [0.25, 0.3) is 0 Å². The number of aliphatic hydroxyl groups is 2. The van der Waals surface area contributed by atoms with E-state index in [9.17, 15) is 15.3 Å². The number of phenols is 1. The van der Waals surface area contributed by atoms with Crippen LogP contribution in [0.4, 0.5) is 0 Å². The van der Waals surface area contributed by atoms with Gasteiger partial charge < -0.3 is 34.3 Å². The van der Waals surface area contributed by atoms with Crippen LogP contribution in [0.1, 0.15) is 24.2 Å². The van der Waals surface area contributed by atoms with Crippen LogP contribution in [0.2, 0.25) is 0 Å². The molecule has 0 saturated heterocycles. The number of aliphatic hydroxyl groups excluding tert-OH is 2. The highest BCUT2D eigenvalue weighted by Gasteiger charge is 2.21. The summed E-state index contributed by atoms with van der Waals surface area (Å²) in [4.78, 5) is 0. The summed E-state index contributed by atoms with van der Waals surface area (Å²) in [5.74, 6) is 1.52. The van der Waals surface area contributed by atoms with Gasteiger partial charge in [0.05, 0.1) is 34.0 Å². The van der Waals surface area contributed by atoms with E-state index in [2.05, 4.69) is 0 Å². The van der Waals surface area contributed by atoms with Crippen LogP contribution in [0.15, 0.2) is 30.3 Å². The molecule has 3 N–H and O–H groups in total. The molecule has 0 radical (unpaired) electrons. The van der Waals surface area contributed by atoms with Gasteiger partial charge in [-0.1, -0.05) is 6.07 Å². The van der Waals surface area contributed by atoms with Gasteiger partial charge in [0.1, 0.15) is 6.10 Å². The van der Waals surface area contributed by atoms with Gasteiger partial charge in [-0.2, -0.15) is 0 Å². The zero-order valence-electron chi connectivity index (χ0n) is 15.9. The summed E-state index contributed by atoms with van der Waals surface area (Å²) in [6.07, 6.45) is -0.906. The first-order valence-corrected chi connectivity index (χ1v) is 8.50. The van der Waals surface area contributed by atoms with Crippen LogP contribution in [0.25, 0.3) is 0 Å². The molecule has 148 valence electrons. The van der Waals surface area contributed by atoms with Gasteiger partial charge in [0.15, 0.2) is 23.0 Å². The Bertz CT molecular complexity index is 733. The maximum Gasteiger partial charge on any atom is 0.203 e. The highest BCUT2D eigenvalue weighted by molar-refractivity contribution is 5.54. The molecule has 0 spiro atoms. The van der Waals surface area contributed by atoms with E-state index in [1.54, 1.807) is 31.2 Å². The normalized spacial score (nSPS) is 13.0. The van der Waals surface area contributed by atoms with E-state index in [0.29, 0.717) is 35.0 Å². The third-order valence-corrected chi connectivity index (χ3v) is 4.16. The number of hydrogen-bond acceptors (Lipinski definition) is 7. The highest BCUT2D eigenvalue weighted by Crippen LogP contribution is 2.41. The van der Waals surface area contributed by atoms with Gasteiger partial charge in [-0.15, -0.1) is 0 Å². The van der Waals surface area contributed by atoms with Crippen LogP contribution < -0.4 is 18.9 Å². The minimum Gasteiger partial charge on any atom is -0.504 e. The molecule has 0 aliphatic heterocycles. The first kappa shape index (κ1) is 20.7. The van der Waals surface area contributed by atoms with Gasteiger partial charge in [-0.3, -0.25) is 0 Å². The Labute approximate surface area is 158 Å². The monoisotopic (exact) mass is 378 g/mol. The van der Waals surface area contributed by atoms with Crippen molar-refractivity contribution in [1.29, 1.82) is 0 Å². The molecular formula is C20H26O7. The number of benzene rings is 2. The predicted octanol–water partition coefficient (Wildman–Crippen LogP) is 2.45. The molecule has 0 amide bonds. The quantitative estimate of drug-likeness (QED) is 0.617. The Morgan fingerprint density at radius 3 is 2.00 bits per heavy atom. The summed E-state index contributed by atoms with van der Waals surface area (Å²) < 4.78 is 21.8. The van der Waals surface area contributed by atoms with Gasteiger partial charge in [0, 0.05) is 6.42 Å². The molecule has 2 aromatic rings. The minimum atomic E-state index is -0.694. The minimum absolute atomic E-state index is 0.0415. The second-order valence-electron chi connectivity index (χ2n) is 6.06. The Balaban J connectivity index is 2.30. The average molecular weight is 378 g/mol. The van der Waals surface area contributed by atoms with Crippen molar-refractivity contribution in [1.82, 2.24) is 0 Å². The topological polar surface area (TPSA) is 97.6 Å². The standard InChI is InChI=1S/C20H26O7/c1-12(22)14-9-18(25-3)20(19(10-14)26-4)27-15(11-21)7-13-5-6-16(23)17(8-13)24-2/h5-6,8-10,12,15,21-23H,7,11H2,1-4H3. The van der Waals surface area contributed by atoms with Crippen molar-refractivity contribution in [2.24, 2.45) is 0 Å². The van der Waals surface area contributed by atoms with E-state index < -0.39 is 12.2 Å². The van der Waals surface area contributed by atoms with Gasteiger partial charge >= 0.3 is 0 Å². The molecule has 27 heavy (non-hydrogen) atoms. The molecule has 0 heterocycles. The molecule has 0 bridgehead atoms. The van der Waals surface area contributed by atoms with Crippen molar-refractivity contribution < 1.29 is 34.3 Å². The van der Waals surface area contributed by atoms with E-state index in [1.807, 2.05) is 0 Å². The number of hydrogen-bond donors (Lipinski definition) is 3. The Morgan fingerprint density at radius 2 is 1.52 bits per heavy atom. The zero-order chi connectivity index (χ0) is 20.0. The van der Waals surface area contributed by atoms with Crippen molar-refractivity contribution in [3.8, 4) is 28.7 Å². The maximum absolute atomic E-state index is 9.82. The molecule has 0 aromatic heterocycles. The lowest BCUT2D eigenvalue weighted by atomic mass is 10.1. The summed E-state index contributed by atoms with van der Waals surface area (Å²) in [6, 6.07) is 8.28. The van der Waals surface area contributed by atoms with E-state index in [4.69, 9.17) is 18.9 Å². The molecule has 2 unspecified atom stereocenters. The first-order chi connectivity index (χ1) is 12.9. The zero-order valence-corrected chi connectivity index (χ0v) is 15.9. The molecule has 2 atom stereocenters. The summed E-state index contributed by atoms with van der Waals surface area (Å²) in [5.41, 5.74) is 1.45. The van der Waals surface area contributed by atoms with Crippen molar-refractivity contribution in [2.45, 2.75) is 25.6 Å². The van der Waals surface area contributed by atoms with Crippen molar-refractivity contribution in [3.63, 3.8) is 0 Å². The van der Waals surface area contributed by atoms with E-state index in [1.165, 1.54) is 27.4 Å². The van der Waals surface area contributed by atoms with Crippen molar-refractivity contribution in [3.05, 3.63) is 41.5 Å². The first-order valence-electron chi connectivity index (χ1n) is 8.50. The van der Waals surface area contributed by atoms with Gasteiger partial charge in [0.2, 0.25) is 5.75 Å². The molecule has 2 rings (SSSR count). The number of rotatable bonds is 9. The highest BCUT2D eigenvalue weighted by atomic mass is 16.5. The molecular weight excluding hydrogens is 352 g/mol. The largest absolute Gasteiger partial charge is 0.504 e. The fourth-order valence-corrected chi connectivity index (χ4v) is 2.68.